The first-order valence-electron chi connectivity index (χ1n) is 8.17. The normalized spacial score (nSPS) is 10.8. The first-order valence-corrected chi connectivity index (χ1v) is 9.05. The lowest BCUT2D eigenvalue weighted by atomic mass is 10.1. The molecule has 7 heteroatoms. The Morgan fingerprint density at radius 1 is 1.32 bits per heavy atom. The standard InChI is InChI=1S/C18H21N5OS/c1-23(18(24)16-12-25-17(11-19)20-16)9-5-8-14-10-15(22-21-14)13-6-3-2-4-7-13/h2-4,6-7,10,12H,5,8-9,11,19H2,1H3,(H,21,22). The molecular formula is C18H21N5OS. The summed E-state index contributed by atoms with van der Waals surface area (Å²) in [5.74, 6) is -0.0643. The van der Waals surface area contributed by atoms with E-state index in [1.165, 1.54) is 11.3 Å². The van der Waals surface area contributed by atoms with Gasteiger partial charge in [0, 0.05) is 36.8 Å². The molecule has 130 valence electrons. The van der Waals surface area contributed by atoms with Gasteiger partial charge in [0.05, 0.1) is 5.69 Å². The van der Waals surface area contributed by atoms with Crippen LogP contribution in [0.5, 0.6) is 0 Å². The fourth-order valence-electron chi connectivity index (χ4n) is 2.55. The molecule has 0 atom stereocenters. The van der Waals surface area contributed by atoms with Gasteiger partial charge in [-0.05, 0) is 18.9 Å². The van der Waals surface area contributed by atoms with E-state index >= 15 is 0 Å². The molecule has 3 aromatic rings. The number of hydrogen-bond donors (Lipinski definition) is 2. The summed E-state index contributed by atoms with van der Waals surface area (Å²) < 4.78 is 0. The molecule has 0 spiro atoms. The first-order chi connectivity index (χ1) is 12.2. The molecule has 3 N–H and O–H groups in total. The molecule has 0 aliphatic carbocycles. The predicted octanol–water partition coefficient (Wildman–Crippen LogP) is 2.70. The molecule has 0 aliphatic heterocycles. The second-order valence-corrected chi connectivity index (χ2v) is 6.75. The molecule has 0 fully saturated rings. The zero-order valence-corrected chi connectivity index (χ0v) is 14.9. The molecule has 0 radical (unpaired) electrons. The van der Waals surface area contributed by atoms with Crippen molar-refractivity contribution >= 4 is 17.2 Å². The molecule has 0 unspecified atom stereocenters. The average Bonchev–Trinajstić information content (AvgIpc) is 3.31. The van der Waals surface area contributed by atoms with Crippen LogP contribution in [0.1, 0.15) is 27.6 Å². The van der Waals surface area contributed by atoms with Gasteiger partial charge in [0.2, 0.25) is 0 Å². The zero-order chi connectivity index (χ0) is 17.6. The lowest BCUT2D eigenvalue weighted by molar-refractivity contribution is 0.0788. The molecule has 2 aromatic heterocycles. The third-order valence-corrected chi connectivity index (χ3v) is 4.80. The summed E-state index contributed by atoms with van der Waals surface area (Å²) in [6.07, 6.45) is 1.69. The number of hydrogen-bond acceptors (Lipinski definition) is 5. The zero-order valence-electron chi connectivity index (χ0n) is 14.1. The van der Waals surface area contributed by atoms with Gasteiger partial charge in [-0.3, -0.25) is 9.89 Å². The van der Waals surface area contributed by atoms with E-state index in [0.717, 1.165) is 34.8 Å². The van der Waals surface area contributed by atoms with E-state index in [1.807, 2.05) is 30.3 Å². The maximum Gasteiger partial charge on any atom is 0.273 e. The van der Waals surface area contributed by atoms with Gasteiger partial charge in [-0.15, -0.1) is 11.3 Å². The Hall–Kier alpha value is -2.51. The monoisotopic (exact) mass is 355 g/mol. The topological polar surface area (TPSA) is 87.9 Å². The van der Waals surface area contributed by atoms with Gasteiger partial charge < -0.3 is 10.6 Å². The van der Waals surface area contributed by atoms with Crippen LogP contribution >= 0.6 is 11.3 Å². The van der Waals surface area contributed by atoms with Crippen molar-refractivity contribution in [3.8, 4) is 11.3 Å². The van der Waals surface area contributed by atoms with Gasteiger partial charge in [-0.2, -0.15) is 5.10 Å². The molecule has 1 aromatic carbocycles. The molecule has 3 rings (SSSR count). The Morgan fingerprint density at radius 3 is 2.84 bits per heavy atom. The van der Waals surface area contributed by atoms with Crippen molar-refractivity contribution in [3.05, 3.63) is 58.2 Å². The highest BCUT2D eigenvalue weighted by Gasteiger charge is 2.15. The van der Waals surface area contributed by atoms with Crippen molar-refractivity contribution in [1.29, 1.82) is 0 Å². The minimum Gasteiger partial charge on any atom is -0.340 e. The number of aryl methyl sites for hydroxylation is 1. The van der Waals surface area contributed by atoms with Crippen LogP contribution in [-0.2, 0) is 13.0 Å². The van der Waals surface area contributed by atoms with Crippen LogP contribution in [0.3, 0.4) is 0 Å². The summed E-state index contributed by atoms with van der Waals surface area (Å²) in [5.41, 5.74) is 9.12. The number of benzene rings is 1. The maximum atomic E-state index is 12.3. The van der Waals surface area contributed by atoms with Gasteiger partial charge in [-0.25, -0.2) is 4.98 Å². The first kappa shape index (κ1) is 17.3. The van der Waals surface area contributed by atoms with E-state index in [4.69, 9.17) is 5.73 Å². The molecule has 0 saturated heterocycles. The number of thiazole rings is 1. The molecule has 0 aliphatic rings. The molecule has 0 saturated carbocycles. The Kier molecular flexibility index (Phi) is 5.57. The number of nitrogens with two attached hydrogens (primary N) is 1. The Bertz CT molecular complexity index is 827. The number of aromatic amines is 1. The van der Waals surface area contributed by atoms with Crippen LogP contribution in [0.15, 0.2) is 41.8 Å². The number of nitrogens with one attached hydrogen (secondary N) is 1. The van der Waals surface area contributed by atoms with Crippen molar-refractivity contribution in [2.24, 2.45) is 5.73 Å². The maximum absolute atomic E-state index is 12.3. The van der Waals surface area contributed by atoms with Crippen molar-refractivity contribution in [3.63, 3.8) is 0 Å². The fourth-order valence-corrected chi connectivity index (χ4v) is 3.20. The summed E-state index contributed by atoms with van der Waals surface area (Å²) >= 11 is 1.42. The summed E-state index contributed by atoms with van der Waals surface area (Å²) in [5, 5.41) is 9.97. The third-order valence-electron chi connectivity index (χ3n) is 3.93. The summed E-state index contributed by atoms with van der Waals surface area (Å²) in [7, 11) is 1.80. The molecule has 1 amide bonds. The second kappa shape index (κ2) is 8.04. The lowest BCUT2D eigenvalue weighted by Gasteiger charge is -2.15. The number of carbonyl (C=O) groups excluding carboxylic acids is 1. The van der Waals surface area contributed by atoms with Crippen LogP contribution in [-0.4, -0.2) is 39.6 Å². The van der Waals surface area contributed by atoms with Gasteiger partial charge in [-0.1, -0.05) is 30.3 Å². The Balaban J connectivity index is 1.51. The Morgan fingerprint density at radius 2 is 2.12 bits per heavy atom. The van der Waals surface area contributed by atoms with Crippen LogP contribution in [0.2, 0.25) is 0 Å². The minimum atomic E-state index is -0.0643. The molecule has 2 heterocycles. The van der Waals surface area contributed by atoms with E-state index in [0.29, 0.717) is 18.8 Å². The van der Waals surface area contributed by atoms with E-state index in [9.17, 15) is 4.79 Å². The van der Waals surface area contributed by atoms with Crippen molar-refractivity contribution < 1.29 is 4.79 Å². The van der Waals surface area contributed by atoms with Gasteiger partial charge >= 0.3 is 0 Å². The highest BCUT2D eigenvalue weighted by Crippen LogP contribution is 2.17. The van der Waals surface area contributed by atoms with E-state index in [2.05, 4.69) is 21.2 Å². The average molecular weight is 355 g/mol. The molecule has 25 heavy (non-hydrogen) atoms. The summed E-state index contributed by atoms with van der Waals surface area (Å²) in [4.78, 5) is 18.3. The second-order valence-electron chi connectivity index (χ2n) is 5.81. The van der Waals surface area contributed by atoms with E-state index in [1.54, 1.807) is 17.3 Å². The molecule has 6 nitrogen and oxygen atoms in total. The number of amides is 1. The fraction of sp³-hybridized carbons (Fsp3) is 0.278. The Labute approximate surface area is 150 Å². The van der Waals surface area contributed by atoms with Gasteiger partial charge in [0.25, 0.3) is 5.91 Å². The predicted molar refractivity (Wildman–Crippen MR) is 99.3 cm³/mol. The van der Waals surface area contributed by atoms with Crippen molar-refractivity contribution in [2.75, 3.05) is 13.6 Å². The highest BCUT2D eigenvalue weighted by atomic mass is 32.1. The van der Waals surface area contributed by atoms with E-state index in [-0.39, 0.29) is 5.91 Å². The van der Waals surface area contributed by atoms with Gasteiger partial charge in [0.15, 0.2) is 0 Å². The summed E-state index contributed by atoms with van der Waals surface area (Å²) in [6, 6.07) is 12.1. The van der Waals surface area contributed by atoms with Crippen LogP contribution in [0, 0.1) is 0 Å². The molecular weight excluding hydrogens is 334 g/mol. The molecule has 0 bridgehead atoms. The van der Waals surface area contributed by atoms with Crippen molar-refractivity contribution in [2.45, 2.75) is 19.4 Å². The van der Waals surface area contributed by atoms with Crippen molar-refractivity contribution in [1.82, 2.24) is 20.1 Å². The minimum absolute atomic E-state index is 0.0643. The number of H-pyrrole nitrogens is 1. The smallest absolute Gasteiger partial charge is 0.273 e. The highest BCUT2D eigenvalue weighted by molar-refractivity contribution is 7.09. The number of rotatable bonds is 7. The number of aromatic nitrogens is 3. The third kappa shape index (κ3) is 4.32. The van der Waals surface area contributed by atoms with Crippen LogP contribution < -0.4 is 5.73 Å². The largest absolute Gasteiger partial charge is 0.340 e. The van der Waals surface area contributed by atoms with E-state index < -0.39 is 0 Å². The summed E-state index contributed by atoms with van der Waals surface area (Å²) in [6.45, 7) is 1.03. The number of carbonyl (C=O) groups is 1. The number of nitrogens with zero attached hydrogens (tertiary/aromatic N) is 3. The SMILES string of the molecule is CN(CCCc1cc(-c2ccccc2)n[nH]1)C(=O)c1csc(CN)n1. The van der Waals surface area contributed by atoms with Gasteiger partial charge in [0.1, 0.15) is 10.7 Å². The van der Waals surface area contributed by atoms with Crippen LogP contribution in [0.25, 0.3) is 11.3 Å². The lowest BCUT2D eigenvalue weighted by Crippen LogP contribution is -2.28. The van der Waals surface area contributed by atoms with Crippen LogP contribution in [0.4, 0.5) is 0 Å². The quantitative estimate of drug-likeness (QED) is 0.682.